The van der Waals surface area contributed by atoms with Crippen LogP contribution in [0.4, 0.5) is 0 Å². The Hall–Kier alpha value is -1.47. The van der Waals surface area contributed by atoms with Crippen LogP contribution >= 0.6 is 23.1 Å². The van der Waals surface area contributed by atoms with Crippen LogP contribution in [0.15, 0.2) is 33.3 Å². The molecule has 15 heavy (non-hydrogen) atoms. The van der Waals surface area contributed by atoms with E-state index in [9.17, 15) is 4.79 Å². The predicted octanol–water partition coefficient (Wildman–Crippen LogP) is 1.78. The standard InChI is InChI=1S/C8H5N3O2S2/c12-6(13)5-1-2-9-7(11-5)15-8-10-3-4-14-8/h1-4H,(H,12,13). The Kier molecular flexibility index (Phi) is 2.93. The van der Waals surface area contributed by atoms with Gasteiger partial charge >= 0.3 is 5.97 Å². The van der Waals surface area contributed by atoms with Crippen LogP contribution in [0.1, 0.15) is 10.5 Å². The first-order valence-electron chi connectivity index (χ1n) is 3.89. The molecule has 0 bridgehead atoms. The second kappa shape index (κ2) is 4.37. The molecule has 0 radical (unpaired) electrons. The van der Waals surface area contributed by atoms with Gasteiger partial charge in [-0.25, -0.2) is 19.7 Å². The first kappa shape index (κ1) is 10.1. The van der Waals surface area contributed by atoms with Crippen molar-refractivity contribution in [1.82, 2.24) is 15.0 Å². The van der Waals surface area contributed by atoms with Gasteiger partial charge in [-0.15, -0.1) is 11.3 Å². The second-order valence-electron chi connectivity index (χ2n) is 2.43. The molecule has 0 aliphatic rings. The van der Waals surface area contributed by atoms with Crippen LogP contribution in [0, 0.1) is 0 Å². The molecule has 0 spiro atoms. The maximum absolute atomic E-state index is 10.6. The zero-order valence-electron chi connectivity index (χ0n) is 7.32. The van der Waals surface area contributed by atoms with E-state index >= 15 is 0 Å². The van der Waals surface area contributed by atoms with E-state index in [0.29, 0.717) is 5.16 Å². The SMILES string of the molecule is O=C(O)c1ccnc(Sc2nccs2)n1. The molecule has 2 aromatic heterocycles. The van der Waals surface area contributed by atoms with Crippen molar-refractivity contribution in [3.63, 3.8) is 0 Å². The Morgan fingerprint density at radius 3 is 2.93 bits per heavy atom. The number of nitrogens with zero attached hydrogens (tertiary/aromatic N) is 3. The van der Waals surface area contributed by atoms with Crippen LogP contribution in [-0.2, 0) is 0 Å². The summed E-state index contributed by atoms with van der Waals surface area (Å²) in [6, 6.07) is 1.36. The summed E-state index contributed by atoms with van der Waals surface area (Å²) in [5.41, 5.74) is -0.0101. The van der Waals surface area contributed by atoms with Gasteiger partial charge in [0.15, 0.2) is 15.2 Å². The molecule has 0 aromatic carbocycles. The third-order valence-corrected chi connectivity index (χ3v) is 3.20. The molecule has 2 heterocycles. The molecule has 0 amide bonds. The number of aromatic carboxylic acids is 1. The van der Waals surface area contributed by atoms with Crippen molar-refractivity contribution in [2.24, 2.45) is 0 Å². The minimum atomic E-state index is -1.06. The van der Waals surface area contributed by atoms with E-state index in [0.717, 1.165) is 4.34 Å². The molecule has 2 aromatic rings. The summed E-state index contributed by atoms with van der Waals surface area (Å²) in [6.07, 6.45) is 3.10. The van der Waals surface area contributed by atoms with Crippen molar-refractivity contribution in [1.29, 1.82) is 0 Å². The first-order chi connectivity index (χ1) is 7.25. The molecule has 5 nitrogen and oxygen atoms in total. The van der Waals surface area contributed by atoms with E-state index in [1.165, 1.54) is 35.4 Å². The van der Waals surface area contributed by atoms with Gasteiger partial charge in [0.25, 0.3) is 0 Å². The number of thiazole rings is 1. The van der Waals surface area contributed by atoms with Crippen molar-refractivity contribution in [3.8, 4) is 0 Å². The molecular formula is C8H5N3O2S2. The second-order valence-corrected chi connectivity index (χ2v) is 4.54. The number of carboxylic acid groups (broad SMARTS) is 1. The average molecular weight is 239 g/mol. The predicted molar refractivity (Wildman–Crippen MR) is 55.2 cm³/mol. The summed E-state index contributed by atoms with van der Waals surface area (Å²) in [6.45, 7) is 0. The van der Waals surface area contributed by atoms with E-state index < -0.39 is 5.97 Å². The molecule has 0 fully saturated rings. The van der Waals surface area contributed by atoms with Gasteiger partial charge in [0.05, 0.1) is 0 Å². The van der Waals surface area contributed by atoms with Crippen LogP contribution in [-0.4, -0.2) is 26.0 Å². The largest absolute Gasteiger partial charge is 0.477 e. The van der Waals surface area contributed by atoms with Gasteiger partial charge in [0, 0.05) is 17.8 Å². The fraction of sp³-hybridized carbons (Fsp3) is 0. The van der Waals surface area contributed by atoms with E-state index in [1.54, 1.807) is 6.20 Å². The van der Waals surface area contributed by atoms with Crippen LogP contribution in [0.5, 0.6) is 0 Å². The Morgan fingerprint density at radius 2 is 2.27 bits per heavy atom. The summed E-state index contributed by atoms with van der Waals surface area (Å²) < 4.78 is 0.789. The van der Waals surface area contributed by atoms with Gasteiger partial charge in [-0.3, -0.25) is 0 Å². The Bertz CT molecular complexity index is 472. The lowest BCUT2D eigenvalue weighted by molar-refractivity contribution is 0.0689. The van der Waals surface area contributed by atoms with Gasteiger partial charge in [0.1, 0.15) is 0 Å². The zero-order valence-corrected chi connectivity index (χ0v) is 8.96. The van der Waals surface area contributed by atoms with Gasteiger partial charge in [0.2, 0.25) is 0 Å². The highest BCUT2D eigenvalue weighted by molar-refractivity contribution is 8.00. The number of hydrogen-bond donors (Lipinski definition) is 1. The lowest BCUT2D eigenvalue weighted by Gasteiger charge is -1.96. The van der Waals surface area contributed by atoms with Crippen molar-refractivity contribution in [3.05, 3.63) is 29.5 Å². The maximum Gasteiger partial charge on any atom is 0.354 e. The monoisotopic (exact) mass is 239 g/mol. The van der Waals surface area contributed by atoms with Crippen LogP contribution < -0.4 is 0 Å². The molecule has 0 saturated heterocycles. The molecular weight excluding hydrogens is 234 g/mol. The van der Waals surface area contributed by atoms with E-state index in [4.69, 9.17) is 5.11 Å². The van der Waals surface area contributed by atoms with Crippen LogP contribution in [0.25, 0.3) is 0 Å². The lowest BCUT2D eigenvalue weighted by Crippen LogP contribution is -2.01. The summed E-state index contributed by atoms with van der Waals surface area (Å²) in [5.74, 6) is -1.06. The average Bonchev–Trinajstić information content (AvgIpc) is 2.71. The fourth-order valence-electron chi connectivity index (χ4n) is 0.848. The summed E-state index contributed by atoms with van der Waals surface area (Å²) in [5, 5.41) is 11.0. The normalized spacial score (nSPS) is 10.1. The van der Waals surface area contributed by atoms with Crippen molar-refractivity contribution in [2.75, 3.05) is 0 Å². The lowest BCUT2D eigenvalue weighted by atomic mass is 10.4. The third-order valence-electron chi connectivity index (χ3n) is 1.44. The highest BCUT2D eigenvalue weighted by atomic mass is 32.2. The van der Waals surface area contributed by atoms with E-state index in [1.807, 2.05) is 5.38 Å². The first-order valence-corrected chi connectivity index (χ1v) is 5.59. The van der Waals surface area contributed by atoms with E-state index in [-0.39, 0.29) is 5.69 Å². The van der Waals surface area contributed by atoms with Crippen molar-refractivity contribution >= 4 is 29.1 Å². The van der Waals surface area contributed by atoms with Crippen molar-refractivity contribution in [2.45, 2.75) is 9.50 Å². The molecule has 2 rings (SSSR count). The maximum atomic E-state index is 10.6. The zero-order chi connectivity index (χ0) is 10.7. The Morgan fingerprint density at radius 1 is 1.40 bits per heavy atom. The topological polar surface area (TPSA) is 76.0 Å². The van der Waals surface area contributed by atoms with Gasteiger partial charge in [-0.05, 0) is 17.8 Å². The van der Waals surface area contributed by atoms with Crippen LogP contribution in [0.3, 0.4) is 0 Å². The highest BCUT2D eigenvalue weighted by Gasteiger charge is 2.08. The third kappa shape index (κ3) is 2.51. The van der Waals surface area contributed by atoms with Crippen molar-refractivity contribution < 1.29 is 9.90 Å². The summed E-state index contributed by atoms with van der Waals surface area (Å²) >= 11 is 2.70. The fourth-order valence-corrected chi connectivity index (χ4v) is 2.32. The van der Waals surface area contributed by atoms with Crippen LogP contribution in [0.2, 0.25) is 0 Å². The number of aromatic nitrogens is 3. The molecule has 76 valence electrons. The highest BCUT2D eigenvalue weighted by Crippen LogP contribution is 2.25. The van der Waals surface area contributed by atoms with Gasteiger partial charge in [-0.1, -0.05) is 0 Å². The number of carbonyl (C=O) groups is 1. The number of hydrogen-bond acceptors (Lipinski definition) is 6. The number of rotatable bonds is 3. The minimum absolute atomic E-state index is 0.0101. The molecule has 1 N–H and O–H groups in total. The number of carboxylic acids is 1. The van der Waals surface area contributed by atoms with Gasteiger partial charge in [-0.2, -0.15) is 0 Å². The molecule has 7 heteroatoms. The Labute approximate surface area is 93.2 Å². The Balaban J connectivity index is 2.22. The summed E-state index contributed by atoms with van der Waals surface area (Å²) in [7, 11) is 0. The molecule has 0 unspecified atom stereocenters. The molecule has 0 aliphatic heterocycles. The van der Waals surface area contributed by atoms with E-state index in [2.05, 4.69) is 15.0 Å². The summed E-state index contributed by atoms with van der Waals surface area (Å²) in [4.78, 5) is 22.5. The molecule has 0 atom stereocenters. The molecule has 0 saturated carbocycles. The quantitative estimate of drug-likeness (QED) is 0.823. The molecule has 0 aliphatic carbocycles. The van der Waals surface area contributed by atoms with Gasteiger partial charge < -0.3 is 5.11 Å². The smallest absolute Gasteiger partial charge is 0.354 e. The minimum Gasteiger partial charge on any atom is -0.477 e.